The summed E-state index contributed by atoms with van der Waals surface area (Å²) in [5.74, 6) is 2.35. The highest BCUT2D eigenvalue weighted by atomic mass is 32.2. The largest absolute Gasteiger partial charge is 0.447 e. The van der Waals surface area contributed by atoms with Gasteiger partial charge >= 0.3 is 16.9 Å². The molecule has 6 aromatic carbocycles. The fraction of sp³-hybridized carbons (Fsp3) is 0.0476. The number of ether oxygens (including phenoxy) is 1. The Morgan fingerprint density at radius 3 is 1.12 bits per heavy atom. The van der Waals surface area contributed by atoms with Gasteiger partial charge in [-0.15, -0.1) is 0 Å². The maximum Gasteiger partial charge on any atom is 0.354 e. The molecule has 0 saturated carbocycles. The molecule has 1 aliphatic heterocycles. The van der Waals surface area contributed by atoms with Gasteiger partial charge in [0, 0.05) is 21.5 Å². The second-order valence-electron chi connectivity index (χ2n) is 13.4. The van der Waals surface area contributed by atoms with Crippen molar-refractivity contribution >= 4 is 72.3 Å². The summed E-state index contributed by atoms with van der Waals surface area (Å²) in [5, 5.41) is 23.5. The van der Waals surface area contributed by atoms with Crippen molar-refractivity contribution in [1.29, 1.82) is 0 Å². The Balaban J connectivity index is 1.03. The van der Waals surface area contributed by atoms with E-state index < -0.39 is 16.9 Å². The van der Waals surface area contributed by atoms with Gasteiger partial charge < -0.3 is 13.8 Å². The number of nitrogens with zero attached hydrogens (tertiary/aromatic N) is 8. The number of para-hydroxylation sites is 4. The summed E-state index contributed by atoms with van der Waals surface area (Å²) in [7, 11) is -3.37. The molecule has 272 valence electrons. The first kappa shape index (κ1) is 33.2. The quantitative estimate of drug-likeness (QED) is 0.140. The predicted octanol–water partition coefficient (Wildman–Crippen LogP) is 11.4. The standard InChI is InChI=1S/C42H30N8O3P2S/c1-27-19-37(52-54(47-33-15-7-3-11-29(33)23-43-47)48-34-16-8-4-12-30(34)24-44-48)41-39(21-27)56-40-22-28(2)20-38(42(40)51-41)53-55(49-35-17-9-5-13-31(35)25-45-49)50-36-18-10-6-14-32(36)26-46-50/h3-26H,1-2H3. The van der Waals surface area contributed by atoms with E-state index in [1.54, 1.807) is 11.8 Å². The molecule has 0 atom stereocenters. The van der Waals surface area contributed by atoms with Gasteiger partial charge in [0.25, 0.3) is 0 Å². The maximum absolute atomic E-state index is 7.14. The molecule has 10 aromatic rings. The van der Waals surface area contributed by atoms with E-state index in [1.165, 1.54) is 0 Å². The summed E-state index contributed by atoms with van der Waals surface area (Å²) < 4.78 is 29.0. The molecular formula is C42H30N8O3P2S. The van der Waals surface area contributed by atoms with E-state index in [0.29, 0.717) is 23.0 Å². The van der Waals surface area contributed by atoms with Gasteiger partial charge in [-0.3, -0.25) is 0 Å². The second kappa shape index (κ2) is 13.2. The normalized spacial score (nSPS) is 12.5. The molecule has 11 rings (SSSR count). The Labute approximate surface area is 326 Å². The number of aromatic nitrogens is 8. The minimum absolute atomic E-state index is 0.577. The van der Waals surface area contributed by atoms with Gasteiger partial charge in [-0.2, -0.15) is 38.2 Å². The molecule has 0 unspecified atom stereocenters. The molecule has 0 aliphatic carbocycles. The number of hydrogen-bond acceptors (Lipinski definition) is 8. The van der Waals surface area contributed by atoms with Gasteiger partial charge in [0.1, 0.15) is 0 Å². The van der Waals surface area contributed by atoms with Crippen LogP contribution in [0.15, 0.2) is 156 Å². The molecule has 4 aromatic heterocycles. The second-order valence-corrected chi connectivity index (χ2v) is 17.4. The molecular weight excluding hydrogens is 759 g/mol. The third-order valence-electron chi connectivity index (χ3n) is 9.60. The number of fused-ring (bicyclic) bond motifs is 6. The smallest absolute Gasteiger partial charge is 0.354 e. The Bertz CT molecular complexity index is 2780. The Morgan fingerprint density at radius 1 is 0.464 bits per heavy atom. The van der Waals surface area contributed by atoms with Crippen molar-refractivity contribution in [3.63, 3.8) is 0 Å². The fourth-order valence-electron chi connectivity index (χ4n) is 6.99. The lowest BCUT2D eigenvalue weighted by molar-refractivity contribution is 0.408. The summed E-state index contributed by atoms with van der Waals surface area (Å²) in [5.41, 5.74) is 5.84. The SMILES string of the molecule is Cc1cc(OP(n2ncc3ccccc32)n2ncc3ccccc32)c2c(c1)Sc1cc(C)cc(OP(n3ncc4ccccc43)n3ncc4ccccc43)c1O2. The van der Waals surface area contributed by atoms with Crippen LogP contribution in [0.4, 0.5) is 0 Å². The van der Waals surface area contributed by atoms with E-state index in [0.717, 1.165) is 64.5 Å². The third-order valence-corrected chi connectivity index (χ3v) is 13.9. The lowest BCUT2D eigenvalue weighted by Gasteiger charge is -2.27. The fourth-order valence-corrected chi connectivity index (χ4v) is 11.5. The minimum Gasteiger partial charge on any atom is -0.447 e. The van der Waals surface area contributed by atoms with Crippen molar-refractivity contribution in [3.05, 3.63) is 157 Å². The summed E-state index contributed by atoms with van der Waals surface area (Å²) in [4.78, 5) is 1.88. The highest BCUT2D eigenvalue weighted by molar-refractivity contribution is 7.99. The average molecular weight is 789 g/mol. The van der Waals surface area contributed by atoms with Crippen molar-refractivity contribution in [2.45, 2.75) is 23.6 Å². The number of hydrogen-bond donors (Lipinski definition) is 0. The predicted molar refractivity (Wildman–Crippen MR) is 222 cm³/mol. The Kier molecular flexibility index (Phi) is 7.84. The number of benzene rings is 6. The summed E-state index contributed by atoms with van der Waals surface area (Å²) in [6.45, 7) is 4.14. The van der Waals surface area contributed by atoms with Crippen molar-refractivity contribution in [1.82, 2.24) is 38.2 Å². The van der Waals surface area contributed by atoms with Gasteiger partial charge in [0.15, 0.2) is 23.0 Å². The van der Waals surface area contributed by atoms with E-state index in [2.05, 4.69) is 74.5 Å². The van der Waals surface area contributed by atoms with E-state index in [-0.39, 0.29) is 0 Å². The lowest BCUT2D eigenvalue weighted by Crippen LogP contribution is -2.11. The van der Waals surface area contributed by atoms with Crippen LogP contribution in [0.3, 0.4) is 0 Å². The minimum atomic E-state index is -1.69. The topological polar surface area (TPSA) is 99.0 Å². The van der Waals surface area contributed by atoms with Crippen molar-refractivity contribution in [2.24, 2.45) is 0 Å². The summed E-state index contributed by atoms with van der Waals surface area (Å²) in [6, 6.07) is 40.8. The first-order valence-electron chi connectivity index (χ1n) is 17.9. The van der Waals surface area contributed by atoms with Crippen LogP contribution in [0.25, 0.3) is 43.6 Å². The third kappa shape index (κ3) is 5.52. The number of rotatable bonds is 8. The highest BCUT2D eigenvalue weighted by Gasteiger charge is 2.32. The van der Waals surface area contributed by atoms with Crippen LogP contribution in [-0.4, -0.2) is 38.2 Å². The molecule has 0 N–H and O–H groups in total. The summed E-state index contributed by atoms with van der Waals surface area (Å²) >= 11 is 1.63. The zero-order valence-corrected chi connectivity index (χ0v) is 32.6. The van der Waals surface area contributed by atoms with Crippen molar-refractivity contribution < 1.29 is 13.8 Å². The molecule has 0 spiro atoms. The van der Waals surface area contributed by atoms with E-state index in [4.69, 9.17) is 34.2 Å². The molecule has 5 heterocycles. The number of aryl methyl sites for hydroxylation is 2. The van der Waals surface area contributed by atoms with Gasteiger partial charge in [-0.1, -0.05) is 84.6 Å². The van der Waals surface area contributed by atoms with Crippen LogP contribution in [0, 0.1) is 13.8 Å². The zero-order chi connectivity index (χ0) is 37.3. The molecule has 14 heteroatoms. The van der Waals surface area contributed by atoms with E-state index in [9.17, 15) is 0 Å². The molecule has 0 amide bonds. The first-order chi connectivity index (χ1) is 27.6. The monoisotopic (exact) mass is 788 g/mol. The highest BCUT2D eigenvalue weighted by Crippen LogP contribution is 2.59. The van der Waals surface area contributed by atoms with Crippen LogP contribution < -0.4 is 13.8 Å². The van der Waals surface area contributed by atoms with Gasteiger partial charge in [-0.25, -0.2) is 0 Å². The molecule has 0 radical (unpaired) electrons. The molecule has 0 saturated heterocycles. The molecule has 0 bridgehead atoms. The van der Waals surface area contributed by atoms with Gasteiger partial charge in [-0.05, 0) is 73.5 Å². The van der Waals surface area contributed by atoms with Gasteiger partial charge in [0.2, 0.25) is 0 Å². The van der Waals surface area contributed by atoms with E-state index in [1.807, 2.05) is 103 Å². The summed E-state index contributed by atoms with van der Waals surface area (Å²) in [6.07, 6.45) is 7.46. The van der Waals surface area contributed by atoms with Crippen LogP contribution in [0.1, 0.15) is 11.1 Å². The van der Waals surface area contributed by atoms with Crippen LogP contribution in [0.5, 0.6) is 23.0 Å². The molecule has 0 fully saturated rings. The first-order valence-corrected chi connectivity index (χ1v) is 21.0. The average Bonchev–Trinajstić information content (AvgIpc) is 4.03. The Hall–Kier alpha value is -6.19. The molecule has 11 nitrogen and oxygen atoms in total. The van der Waals surface area contributed by atoms with Crippen LogP contribution >= 0.6 is 28.7 Å². The maximum atomic E-state index is 7.14. The van der Waals surface area contributed by atoms with Crippen LogP contribution in [0.2, 0.25) is 0 Å². The van der Waals surface area contributed by atoms with Crippen molar-refractivity contribution in [2.75, 3.05) is 0 Å². The molecule has 1 aliphatic rings. The Morgan fingerprint density at radius 2 is 0.786 bits per heavy atom. The van der Waals surface area contributed by atoms with Crippen molar-refractivity contribution in [3.8, 4) is 23.0 Å². The van der Waals surface area contributed by atoms with Gasteiger partial charge in [0.05, 0.1) is 56.6 Å². The molecule has 56 heavy (non-hydrogen) atoms. The van der Waals surface area contributed by atoms with E-state index >= 15 is 0 Å². The zero-order valence-electron chi connectivity index (χ0n) is 30.0. The lowest BCUT2D eigenvalue weighted by atomic mass is 10.2. The van der Waals surface area contributed by atoms with Crippen LogP contribution in [-0.2, 0) is 0 Å².